The Hall–Kier alpha value is -3.87. The molecule has 0 unspecified atom stereocenters. The molecule has 0 aliphatic carbocycles. The van der Waals surface area contributed by atoms with E-state index in [2.05, 4.69) is 10.5 Å². The first-order chi connectivity index (χ1) is 15.6. The minimum absolute atomic E-state index is 0.284. The van der Waals surface area contributed by atoms with E-state index >= 15 is 0 Å². The summed E-state index contributed by atoms with van der Waals surface area (Å²) in [6.07, 6.45) is 1.53. The first-order valence-corrected chi connectivity index (χ1v) is 10.3. The van der Waals surface area contributed by atoms with Gasteiger partial charge < -0.3 is 14.2 Å². The predicted molar refractivity (Wildman–Crippen MR) is 121 cm³/mol. The van der Waals surface area contributed by atoms with E-state index in [1.54, 1.807) is 54.6 Å². The van der Waals surface area contributed by atoms with Gasteiger partial charge in [-0.2, -0.15) is 5.10 Å². The Balaban J connectivity index is 1.61. The van der Waals surface area contributed by atoms with Crippen LogP contribution in [0.15, 0.2) is 71.8 Å². The molecule has 0 saturated heterocycles. The van der Waals surface area contributed by atoms with E-state index in [-0.39, 0.29) is 18.3 Å². The Morgan fingerprint density at radius 2 is 1.62 bits per heavy atom. The van der Waals surface area contributed by atoms with Crippen LogP contribution in [0.3, 0.4) is 0 Å². The SMILES string of the molecule is CCOc1ccc(C(=O)N/N=C/c2ccc(OCc3ccc(F)cc3)c(OCC)c2)cc1. The third-order valence-corrected chi connectivity index (χ3v) is 4.38. The number of hydrazone groups is 1. The van der Waals surface area contributed by atoms with Gasteiger partial charge in [0.15, 0.2) is 11.5 Å². The average Bonchev–Trinajstić information content (AvgIpc) is 2.80. The molecule has 166 valence electrons. The van der Waals surface area contributed by atoms with Gasteiger partial charge in [-0.1, -0.05) is 12.1 Å². The van der Waals surface area contributed by atoms with Crippen molar-refractivity contribution in [3.05, 3.63) is 89.2 Å². The van der Waals surface area contributed by atoms with Crippen LogP contribution in [0.1, 0.15) is 35.3 Å². The van der Waals surface area contributed by atoms with Crippen molar-refractivity contribution in [2.45, 2.75) is 20.5 Å². The number of ether oxygens (including phenoxy) is 3. The number of hydrogen-bond acceptors (Lipinski definition) is 5. The van der Waals surface area contributed by atoms with Crippen molar-refractivity contribution in [2.75, 3.05) is 13.2 Å². The molecule has 0 spiro atoms. The fourth-order valence-electron chi connectivity index (χ4n) is 2.83. The number of rotatable bonds is 10. The van der Waals surface area contributed by atoms with Crippen molar-refractivity contribution in [3.8, 4) is 17.2 Å². The highest BCUT2D eigenvalue weighted by molar-refractivity contribution is 5.95. The van der Waals surface area contributed by atoms with Crippen LogP contribution < -0.4 is 19.6 Å². The number of benzene rings is 3. The normalized spacial score (nSPS) is 10.7. The Morgan fingerprint density at radius 1 is 0.906 bits per heavy atom. The minimum Gasteiger partial charge on any atom is -0.494 e. The van der Waals surface area contributed by atoms with Gasteiger partial charge in [-0.05, 0) is 79.6 Å². The summed E-state index contributed by atoms with van der Waals surface area (Å²) in [5, 5.41) is 4.02. The van der Waals surface area contributed by atoms with Gasteiger partial charge in [0.25, 0.3) is 5.91 Å². The first kappa shape index (κ1) is 22.8. The highest BCUT2D eigenvalue weighted by Crippen LogP contribution is 2.29. The molecule has 1 N–H and O–H groups in total. The number of nitrogens with zero attached hydrogens (tertiary/aromatic N) is 1. The number of hydrogen-bond donors (Lipinski definition) is 1. The maximum Gasteiger partial charge on any atom is 0.271 e. The largest absolute Gasteiger partial charge is 0.494 e. The van der Waals surface area contributed by atoms with Gasteiger partial charge in [-0.15, -0.1) is 0 Å². The lowest BCUT2D eigenvalue weighted by molar-refractivity contribution is 0.0955. The molecular formula is C25H25FN2O4. The number of amides is 1. The Labute approximate surface area is 186 Å². The molecule has 32 heavy (non-hydrogen) atoms. The molecule has 0 heterocycles. The summed E-state index contributed by atoms with van der Waals surface area (Å²) >= 11 is 0. The molecule has 0 aromatic heterocycles. The molecule has 1 amide bonds. The molecule has 0 bridgehead atoms. The summed E-state index contributed by atoms with van der Waals surface area (Å²) in [6.45, 7) is 5.08. The highest BCUT2D eigenvalue weighted by atomic mass is 19.1. The van der Waals surface area contributed by atoms with Gasteiger partial charge in [-0.3, -0.25) is 4.79 Å². The average molecular weight is 436 g/mol. The van der Waals surface area contributed by atoms with Crippen LogP contribution in [0.2, 0.25) is 0 Å². The van der Waals surface area contributed by atoms with Gasteiger partial charge in [0.1, 0.15) is 18.2 Å². The van der Waals surface area contributed by atoms with E-state index < -0.39 is 0 Å². The molecule has 7 heteroatoms. The van der Waals surface area contributed by atoms with E-state index in [4.69, 9.17) is 14.2 Å². The van der Waals surface area contributed by atoms with E-state index in [1.165, 1.54) is 18.3 Å². The first-order valence-electron chi connectivity index (χ1n) is 10.3. The summed E-state index contributed by atoms with van der Waals surface area (Å²) in [5.74, 6) is 1.21. The second-order valence-corrected chi connectivity index (χ2v) is 6.71. The number of carbonyl (C=O) groups is 1. The monoisotopic (exact) mass is 436 g/mol. The zero-order chi connectivity index (χ0) is 22.8. The molecule has 3 aromatic rings. The van der Waals surface area contributed by atoms with Gasteiger partial charge in [-0.25, -0.2) is 9.82 Å². The fraction of sp³-hybridized carbons (Fsp3) is 0.200. The van der Waals surface area contributed by atoms with Crippen molar-refractivity contribution < 1.29 is 23.4 Å². The minimum atomic E-state index is -0.325. The van der Waals surface area contributed by atoms with Crippen molar-refractivity contribution in [1.29, 1.82) is 0 Å². The lowest BCUT2D eigenvalue weighted by Crippen LogP contribution is -2.17. The molecule has 0 atom stereocenters. The molecule has 3 aromatic carbocycles. The van der Waals surface area contributed by atoms with Crippen LogP contribution >= 0.6 is 0 Å². The van der Waals surface area contributed by atoms with Crippen molar-refractivity contribution in [1.82, 2.24) is 5.43 Å². The summed E-state index contributed by atoms with van der Waals surface area (Å²) in [7, 11) is 0. The summed E-state index contributed by atoms with van der Waals surface area (Å²) in [4.78, 5) is 12.2. The third kappa shape index (κ3) is 6.57. The van der Waals surface area contributed by atoms with Crippen molar-refractivity contribution >= 4 is 12.1 Å². The fourth-order valence-corrected chi connectivity index (χ4v) is 2.83. The lowest BCUT2D eigenvalue weighted by Gasteiger charge is -2.12. The van der Waals surface area contributed by atoms with Gasteiger partial charge in [0, 0.05) is 5.56 Å². The van der Waals surface area contributed by atoms with Crippen molar-refractivity contribution in [2.24, 2.45) is 5.10 Å². The van der Waals surface area contributed by atoms with E-state index in [9.17, 15) is 9.18 Å². The predicted octanol–water partition coefficient (Wildman–Crippen LogP) is 4.97. The number of carbonyl (C=O) groups excluding carboxylic acids is 1. The quantitative estimate of drug-likeness (QED) is 0.360. The number of nitrogens with one attached hydrogen (secondary N) is 1. The van der Waals surface area contributed by atoms with E-state index in [0.717, 1.165) is 11.1 Å². The molecule has 6 nitrogen and oxygen atoms in total. The summed E-state index contributed by atoms with van der Waals surface area (Å²) in [5.41, 5.74) is 4.56. The summed E-state index contributed by atoms with van der Waals surface area (Å²) < 4.78 is 29.9. The molecular weight excluding hydrogens is 411 g/mol. The van der Waals surface area contributed by atoms with E-state index in [1.807, 2.05) is 13.8 Å². The second-order valence-electron chi connectivity index (χ2n) is 6.71. The molecule has 0 fully saturated rings. The standard InChI is InChI=1S/C25H25FN2O4/c1-3-30-22-12-8-20(9-13-22)25(29)28-27-16-19-7-14-23(24(15-19)31-4-2)32-17-18-5-10-21(26)11-6-18/h5-16H,3-4,17H2,1-2H3,(H,28,29)/b27-16+. The second kappa shape index (κ2) is 11.5. The maximum atomic E-state index is 13.0. The number of halogens is 1. The van der Waals surface area contributed by atoms with Crippen LogP contribution in [0.5, 0.6) is 17.2 Å². The maximum absolute atomic E-state index is 13.0. The Kier molecular flexibility index (Phi) is 8.20. The molecule has 3 rings (SSSR count). The lowest BCUT2D eigenvalue weighted by atomic mass is 10.2. The molecule has 0 saturated carbocycles. The van der Waals surface area contributed by atoms with Crippen LogP contribution in [0.4, 0.5) is 4.39 Å². The topological polar surface area (TPSA) is 69.2 Å². The summed E-state index contributed by atoms with van der Waals surface area (Å²) in [6, 6.07) is 18.3. The zero-order valence-electron chi connectivity index (χ0n) is 18.0. The Bertz CT molecular complexity index is 1050. The Morgan fingerprint density at radius 3 is 2.31 bits per heavy atom. The third-order valence-electron chi connectivity index (χ3n) is 4.38. The van der Waals surface area contributed by atoms with Crippen LogP contribution in [-0.2, 0) is 6.61 Å². The van der Waals surface area contributed by atoms with Gasteiger partial charge in [0.05, 0.1) is 19.4 Å². The van der Waals surface area contributed by atoms with Crippen LogP contribution in [0, 0.1) is 5.82 Å². The van der Waals surface area contributed by atoms with Gasteiger partial charge >= 0.3 is 0 Å². The molecule has 0 radical (unpaired) electrons. The smallest absolute Gasteiger partial charge is 0.271 e. The van der Waals surface area contributed by atoms with Gasteiger partial charge in [0.2, 0.25) is 0 Å². The van der Waals surface area contributed by atoms with Crippen molar-refractivity contribution in [3.63, 3.8) is 0 Å². The van der Waals surface area contributed by atoms with E-state index in [0.29, 0.717) is 36.0 Å². The zero-order valence-corrected chi connectivity index (χ0v) is 18.0. The van der Waals surface area contributed by atoms with Crippen LogP contribution in [0.25, 0.3) is 0 Å². The molecule has 0 aliphatic rings. The highest BCUT2D eigenvalue weighted by Gasteiger charge is 2.08. The van der Waals surface area contributed by atoms with Crippen LogP contribution in [-0.4, -0.2) is 25.3 Å². The molecule has 0 aliphatic heterocycles.